The summed E-state index contributed by atoms with van der Waals surface area (Å²) in [6.45, 7) is 2.98. The molecule has 4 heterocycles. The average molecular weight is 482 g/mol. The minimum Gasteiger partial charge on any atom is -0.453 e. The number of nitrogens with zero attached hydrogens (tertiary/aromatic N) is 5. The first-order valence-corrected chi connectivity index (χ1v) is 11.2. The highest BCUT2D eigenvalue weighted by Gasteiger charge is 2.29. The number of morpholine rings is 1. The number of fused-ring (bicyclic) bond motifs is 1. The minimum atomic E-state index is -0.731. The zero-order chi connectivity index (χ0) is 24.7. The zero-order valence-corrected chi connectivity index (χ0v) is 19.7. The Bertz CT molecular complexity index is 1390. The van der Waals surface area contributed by atoms with Gasteiger partial charge in [-0.25, -0.2) is 23.5 Å². The van der Waals surface area contributed by atoms with Crippen LogP contribution in [0.15, 0.2) is 42.9 Å². The number of amides is 1. The molecule has 0 saturated carbocycles. The first-order chi connectivity index (χ1) is 16.9. The van der Waals surface area contributed by atoms with Crippen molar-refractivity contribution in [3.8, 4) is 22.6 Å². The fraction of sp³-hybridized carbons (Fsp3) is 0.320. The van der Waals surface area contributed by atoms with E-state index in [1.54, 1.807) is 28.9 Å². The van der Waals surface area contributed by atoms with Gasteiger partial charge in [0.15, 0.2) is 0 Å². The molecule has 1 amide bonds. The second kappa shape index (κ2) is 9.10. The molecule has 1 aliphatic heterocycles. The number of carbonyl (C=O) groups is 1. The Hall–Kier alpha value is -3.79. The maximum atomic E-state index is 15.5. The maximum absolute atomic E-state index is 15.5. The van der Waals surface area contributed by atoms with Crippen molar-refractivity contribution in [2.75, 3.05) is 26.8 Å². The Kier molecular flexibility index (Phi) is 5.98. The summed E-state index contributed by atoms with van der Waals surface area (Å²) in [7, 11) is 3.09. The molecule has 1 aromatic carbocycles. The predicted octanol–water partition coefficient (Wildman–Crippen LogP) is 4.00. The molecule has 35 heavy (non-hydrogen) atoms. The average Bonchev–Trinajstić information content (AvgIpc) is 3.41. The lowest BCUT2D eigenvalue weighted by Crippen LogP contribution is -2.46. The van der Waals surface area contributed by atoms with E-state index in [1.165, 1.54) is 19.2 Å². The van der Waals surface area contributed by atoms with Crippen LogP contribution in [-0.4, -0.2) is 62.8 Å². The van der Waals surface area contributed by atoms with Gasteiger partial charge < -0.3 is 23.3 Å². The molecule has 1 atom stereocenters. The van der Waals surface area contributed by atoms with Gasteiger partial charge in [-0.15, -0.1) is 0 Å². The van der Waals surface area contributed by atoms with Crippen LogP contribution in [0.3, 0.4) is 0 Å². The highest BCUT2D eigenvalue weighted by atomic mass is 19.1. The third kappa shape index (κ3) is 4.25. The minimum absolute atomic E-state index is 0.204. The topological polar surface area (TPSA) is 73.9 Å². The number of methoxy groups -OCH3 is 1. The van der Waals surface area contributed by atoms with Gasteiger partial charge in [0.1, 0.15) is 23.1 Å². The number of aryl methyl sites for hydroxylation is 2. The maximum Gasteiger partial charge on any atom is 0.409 e. The predicted molar refractivity (Wildman–Crippen MR) is 125 cm³/mol. The van der Waals surface area contributed by atoms with E-state index in [2.05, 4.69) is 9.97 Å². The van der Waals surface area contributed by atoms with Gasteiger partial charge in [0.05, 0.1) is 43.3 Å². The summed E-state index contributed by atoms with van der Waals surface area (Å²) in [6.07, 6.45) is 4.59. The second-order valence-electron chi connectivity index (χ2n) is 8.63. The summed E-state index contributed by atoms with van der Waals surface area (Å²) in [5, 5.41) is 0. The molecule has 0 N–H and O–H groups in total. The Labute approximate surface area is 200 Å². The lowest BCUT2D eigenvalue weighted by molar-refractivity contribution is -0.0241. The summed E-state index contributed by atoms with van der Waals surface area (Å²) in [5.41, 5.74) is 2.47. The van der Waals surface area contributed by atoms with E-state index in [-0.39, 0.29) is 17.4 Å². The smallest absolute Gasteiger partial charge is 0.409 e. The molecule has 1 fully saturated rings. The largest absolute Gasteiger partial charge is 0.453 e. The van der Waals surface area contributed by atoms with E-state index in [1.807, 2.05) is 29.7 Å². The number of halogens is 2. The van der Waals surface area contributed by atoms with Gasteiger partial charge in [0.2, 0.25) is 0 Å². The van der Waals surface area contributed by atoms with Crippen LogP contribution in [0.25, 0.3) is 28.3 Å². The molecule has 0 spiro atoms. The Balaban J connectivity index is 1.59. The quantitative estimate of drug-likeness (QED) is 0.441. The Morgan fingerprint density at radius 1 is 1.23 bits per heavy atom. The molecule has 5 rings (SSSR count). The van der Waals surface area contributed by atoms with Gasteiger partial charge in [-0.2, -0.15) is 0 Å². The van der Waals surface area contributed by atoms with Crippen LogP contribution in [0.4, 0.5) is 13.6 Å². The number of imidazole rings is 2. The monoisotopic (exact) mass is 481 g/mol. The second-order valence-corrected chi connectivity index (χ2v) is 8.63. The molecule has 4 aromatic rings. The van der Waals surface area contributed by atoms with Gasteiger partial charge in [0.25, 0.3) is 0 Å². The molecule has 10 heteroatoms. The molecule has 1 aliphatic rings. The van der Waals surface area contributed by atoms with E-state index >= 15 is 8.78 Å². The van der Waals surface area contributed by atoms with Crippen LogP contribution in [-0.2, 0) is 22.9 Å². The fourth-order valence-electron chi connectivity index (χ4n) is 4.52. The Morgan fingerprint density at radius 3 is 2.69 bits per heavy atom. The standard InChI is InChI=1S/C25H25F2N5O3/c1-15-4-6-32-20(13-17-14-31(8-9-35-17)25(33)34-3)23(29-21(32)10-15)22-18(26)11-16(12-19(22)27)24-28-5-7-30(24)2/h4-7,10-12,17H,8-9,13-14H2,1-3H3/t17-/m0/s1. The number of aromatic nitrogens is 4. The number of hydrogen-bond donors (Lipinski definition) is 0. The van der Waals surface area contributed by atoms with Crippen molar-refractivity contribution in [2.24, 2.45) is 7.05 Å². The van der Waals surface area contributed by atoms with Crippen molar-refractivity contribution < 1.29 is 23.0 Å². The SMILES string of the molecule is COC(=O)N1CCO[C@@H](Cc2c(-c3c(F)cc(-c4nccn4C)cc3F)nc3cc(C)ccn23)C1. The molecule has 8 nitrogen and oxygen atoms in total. The highest BCUT2D eigenvalue weighted by molar-refractivity contribution is 5.72. The summed E-state index contributed by atoms with van der Waals surface area (Å²) < 4.78 is 45.2. The van der Waals surface area contributed by atoms with Crippen molar-refractivity contribution >= 4 is 11.7 Å². The van der Waals surface area contributed by atoms with Crippen molar-refractivity contribution in [3.63, 3.8) is 0 Å². The van der Waals surface area contributed by atoms with Crippen LogP contribution in [0, 0.1) is 18.6 Å². The number of rotatable bonds is 4. The normalized spacial score (nSPS) is 16.1. The fourth-order valence-corrected chi connectivity index (χ4v) is 4.52. The van der Waals surface area contributed by atoms with Gasteiger partial charge in [0, 0.05) is 44.2 Å². The highest BCUT2D eigenvalue weighted by Crippen LogP contribution is 2.34. The summed E-state index contributed by atoms with van der Waals surface area (Å²) in [5.74, 6) is -1.01. The molecule has 0 aliphatic carbocycles. The molecular weight excluding hydrogens is 456 g/mol. The van der Waals surface area contributed by atoms with Crippen LogP contribution < -0.4 is 0 Å². The Morgan fingerprint density at radius 2 is 2.00 bits per heavy atom. The first kappa shape index (κ1) is 23.0. The first-order valence-electron chi connectivity index (χ1n) is 11.2. The zero-order valence-electron chi connectivity index (χ0n) is 19.7. The number of pyridine rings is 1. The molecule has 0 unspecified atom stereocenters. The molecular formula is C25H25F2N5O3. The van der Waals surface area contributed by atoms with Crippen LogP contribution >= 0.6 is 0 Å². The number of hydrogen-bond acceptors (Lipinski definition) is 5. The molecule has 1 saturated heterocycles. The number of carbonyl (C=O) groups excluding carboxylic acids is 1. The molecule has 0 radical (unpaired) electrons. The summed E-state index contributed by atoms with van der Waals surface area (Å²) in [6, 6.07) is 6.31. The third-order valence-electron chi connectivity index (χ3n) is 6.23. The summed E-state index contributed by atoms with van der Waals surface area (Å²) in [4.78, 5) is 22.4. The third-order valence-corrected chi connectivity index (χ3v) is 6.23. The van der Waals surface area contributed by atoms with Gasteiger partial charge >= 0.3 is 6.09 Å². The number of ether oxygens (including phenoxy) is 2. The van der Waals surface area contributed by atoms with Crippen molar-refractivity contribution in [2.45, 2.75) is 19.4 Å². The van der Waals surface area contributed by atoms with Crippen molar-refractivity contribution in [1.82, 2.24) is 23.8 Å². The molecule has 3 aromatic heterocycles. The van der Waals surface area contributed by atoms with Crippen LogP contribution in [0.1, 0.15) is 11.3 Å². The van der Waals surface area contributed by atoms with Crippen molar-refractivity contribution in [1.29, 1.82) is 0 Å². The van der Waals surface area contributed by atoms with Crippen molar-refractivity contribution in [3.05, 3.63) is 65.7 Å². The van der Waals surface area contributed by atoms with Crippen LogP contribution in [0.2, 0.25) is 0 Å². The number of benzene rings is 1. The van der Waals surface area contributed by atoms with Gasteiger partial charge in [-0.1, -0.05) is 0 Å². The lowest BCUT2D eigenvalue weighted by atomic mass is 10.0. The van der Waals surface area contributed by atoms with E-state index in [0.717, 1.165) is 5.56 Å². The lowest BCUT2D eigenvalue weighted by Gasteiger charge is -2.32. The molecule has 0 bridgehead atoms. The van der Waals surface area contributed by atoms with Crippen LogP contribution in [0.5, 0.6) is 0 Å². The van der Waals surface area contributed by atoms with E-state index < -0.39 is 17.7 Å². The van der Waals surface area contributed by atoms with Gasteiger partial charge in [-0.3, -0.25) is 0 Å². The van der Waals surface area contributed by atoms with Gasteiger partial charge in [-0.05, 0) is 36.8 Å². The molecule has 182 valence electrons. The van der Waals surface area contributed by atoms with E-state index in [9.17, 15) is 4.79 Å². The summed E-state index contributed by atoms with van der Waals surface area (Å²) >= 11 is 0. The van der Waals surface area contributed by atoms with E-state index in [0.29, 0.717) is 48.8 Å². The van der Waals surface area contributed by atoms with E-state index in [4.69, 9.17) is 9.47 Å².